The molecular weight excluding hydrogens is 314 g/mol. The molecule has 0 radical (unpaired) electrons. The van der Waals surface area contributed by atoms with Gasteiger partial charge in [0.25, 0.3) is 0 Å². The third-order valence-corrected chi connectivity index (χ3v) is 5.74. The molecule has 0 aliphatic rings. The maximum atomic E-state index is 11.9. The molecule has 0 heterocycles. The number of sulfonamides is 2. The summed E-state index contributed by atoms with van der Waals surface area (Å²) < 4.78 is 52.2. The Labute approximate surface area is 126 Å². The Kier molecular flexibility index (Phi) is 5.88. The fraction of sp³-hybridized carbons (Fsp3) is 0.500. The molecule has 0 aliphatic heterocycles. The van der Waals surface area contributed by atoms with Gasteiger partial charge in [0.2, 0.25) is 20.0 Å². The standard InChI is InChI=1S/C12H21N3O4S2/c1-12(2,10-13)15-20(16,17)9-8-14-21(18,19)11-6-4-3-5-7-11/h3-7,14-15H,8-10,13H2,1-2H3. The molecule has 0 aliphatic carbocycles. The van der Waals surface area contributed by atoms with Crippen LogP contribution >= 0.6 is 0 Å². The first-order valence-electron chi connectivity index (χ1n) is 6.34. The molecule has 0 saturated carbocycles. The van der Waals surface area contributed by atoms with Gasteiger partial charge in [0.05, 0.1) is 10.6 Å². The minimum Gasteiger partial charge on any atom is -0.329 e. The van der Waals surface area contributed by atoms with E-state index < -0.39 is 25.6 Å². The normalized spacial score (nSPS) is 13.3. The highest BCUT2D eigenvalue weighted by Gasteiger charge is 2.23. The highest BCUT2D eigenvalue weighted by atomic mass is 32.2. The van der Waals surface area contributed by atoms with Crippen LogP contribution < -0.4 is 15.2 Å². The van der Waals surface area contributed by atoms with Gasteiger partial charge in [-0.3, -0.25) is 0 Å². The van der Waals surface area contributed by atoms with E-state index in [1.165, 1.54) is 12.1 Å². The maximum absolute atomic E-state index is 11.9. The summed E-state index contributed by atoms with van der Waals surface area (Å²) >= 11 is 0. The van der Waals surface area contributed by atoms with Crippen LogP contribution in [0.2, 0.25) is 0 Å². The molecule has 0 amide bonds. The first-order valence-corrected chi connectivity index (χ1v) is 9.48. The average molecular weight is 335 g/mol. The minimum atomic E-state index is -3.70. The maximum Gasteiger partial charge on any atom is 0.240 e. The predicted molar refractivity (Wildman–Crippen MR) is 81.7 cm³/mol. The zero-order valence-corrected chi connectivity index (χ0v) is 13.7. The molecule has 1 aromatic rings. The van der Waals surface area contributed by atoms with Crippen molar-refractivity contribution in [2.75, 3.05) is 18.8 Å². The van der Waals surface area contributed by atoms with Crippen molar-refractivity contribution in [2.24, 2.45) is 5.73 Å². The molecule has 9 heteroatoms. The Bertz CT molecular complexity index is 655. The van der Waals surface area contributed by atoms with E-state index in [1.54, 1.807) is 32.0 Å². The van der Waals surface area contributed by atoms with Gasteiger partial charge in [-0.15, -0.1) is 0 Å². The quantitative estimate of drug-likeness (QED) is 0.598. The van der Waals surface area contributed by atoms with Gasteiger partial charge in [0, 0.05) is 18.6 Å². The van der Waals surface area contributed by atoms with Gasteiger partial charge in [-0.05, 0) is 26.0 Å². The van der Waals surface area contributed by atoms with Crippen LogP contribution in [0.25, 0.3) is 0 Å². The molecule has 0 saturated heterocycles. The van der Waals surface area contributed by atoms with Crippen LogP contribution in [0.1, 0.15) is 13.8 Å². The second-order valence-electron chi connectivity index (χ2n) is 5.22. The van der Waals surface area contributed by atoms with Crippen molar-refractivity contribution >= 4 is 20.0 Å². The molecule has 4 N–H and O–H groups in total. The summed E-state index contributed by atoms with van der Waals surface area (Å²) in [6, 6.07) is 7.76. The number of hydrogen-bond donors (Lipinski definition) is 3. The first-order chi connectivity index (χ1) is 9.58. The van der Waals surface area contributed by atoms with Crippen LogP contribution in [0.5, 0.6) is 0 Å². The second kappa shape index (κ2) is 6.84. The van der Waals surface area contributed by atoms with Crippen molar-refractivity contribution in [1.29, 1.82) is 0 Å². The molecule has 0 fully saturated rings. The second-order valence-corrected chi connectivity index (χ2v) is 8.83. The molecular formula is C12H21N3O4S2. The van der Waals surface area contributed by atoms with Crippen molar-refractivity contribution < 1.29 is 16.8 Å². The monoisotopic (exact) mass is 335 g/mol. The molecule has 21 heavy (non-hydrogen) atoms. The van der Waals surface area contributed by atoms with Crippen molar-refractivity contribution in [3.63, 3.8) is 0 Å². The van der Waals surface area contributed by atoms with E-state index >= 15 is 0 Å². The van der Waals surface area contributed by atoms with Crippen molar-refractivity contribution in [3.8, 4) is 0 Å². The van der Waals surface area contributed by atoms with Crippen LogP contribution in [0, 0.1) is 0 Å². The van der Waals surface area contributed by atoms with Crippen molar-refractivity contribution in [1.82, 2.24) is 9.44 Å². The largest absolute Gasteiger partial charge is 0.329 e. The van der Waals surface area contributed by atoms with Crippen LogP contribution in [0.15, 0.2) is 35.2 Å². The van der Waals surface area contributed by atoms with E-state index in [-0.39, 0.29) is 23.7 Å². The number of nitrogens with one attached hydrogen (secondary N) is 2. The van der Waals surface area contributed by atoms with Gasteiger partial charge in [-0.1, -0.05) is 18.2 Å². The fourth-order valence-electron chi connectivity index (χ4n) is 1.51. The van der Waals surface area contributed by atoms with Crippen LogP contribution in [0.4, 0.5) is 0 Å². The summed E-state index contributed by atoms with van der Waals surface area (Å²) in [6.07, 6.45) is 0. The Morgan fingerprint density at radius 3 is 2.19 bits per heavy atom. The Morgan fingerprint density at radius 1 is 1.10 bits per heavy atom. The summed E-state index contributed by atoms with van der Waals surface area (Å²) in [5.74, 6) is -0.359. The van der Waals surface area contributed by atoms with Gasteiger partial charge in [-0.2, -0.15) is 0 Å². The first kappa shape index (κ1) is 18.1. The van der Waals surface area contributed by atoms with Crippen LogP contribution in [-0.2, 0) is 20.0 Å². The average Bonchev–Trinajstić information content (AvgIpc) is 2.38. The summed E-state index contributed by atoms with van der Waals surface area (Å²) in [5.41, 5.74) is 4.68. The Morgan fingerprint density at radius 2 is 1.67 bits per heavy atom. The lowest BCUT2D eigenvalue weighted by Gasteiger charge is -2.23. The Balaban J connectivity index is 2.61. The topological polar surface area (TPSA) is 118 Å². The van der Waals surface area contributed by atoms with Gasteiger partial charge in [0.1, 0.15) is 0 Å². The van der Waals surface area contributed by atoms with E-state index in [0.29, 0.717) is 0 Å². The third-order valence-electron chi connectivity index (χ3n) is 2.66. The smallest absolute Gasteiger partial charge is 0.240 e. The number of nitrogens with two attached hydrogens (primary N) is 1. The Hall–Kier alpha value is -1.00. The highest BCUT2D eigenvalue weighted by Crippen LogP contribution is 2.07. The van der Waals surface area contributed by atoms with Gasteiger partial charge < -0.3 is 5.73 Å². The summed E-state index contributed by atoms with van der Waals surface area (Å²) in [5, 5.41) is 0. The molecule has 0 spiro atoms. The van der Waals surface area contributed by atoms with Gasteiger partial charge >= 0.3 is 0 Å². The van der Waals surface area contributed by atoms with E-state index in [2.05, 4.69) is 9.44 Å². The summed E-state index contributed by atoms with van der Waals surface area (Å²) in [7, 11) is -7.31. The molecule has 7 nitrogen and oxygen atoms in total. The highest BCUT2D eigenvalue weighted by molar-refractivity contribution is 7.90. The molecule has 0 atom stereocenters. The lowest BCUT2D eigenvalue weighted by atomic mass is 10.1. The van der Waals surface area contributed by atoms with E-state index in [0.717, 1.165) is 0 Å². The fourth-order valence-corrected chi connectivity index (χ4v) is 4.09. The van der Waals surface area contributed by atoms with Gasteiger partial charge in [0.15, 0.2) is 0 Å². The molecule has 120 valence electrons. The summed E-state index contributed by atoms with van der Waals surface area (Å²) in [4.78, 5) is 0.0950. The van der Waals surface area contributed by atoms with Crippen LogP contribution in [0.3, 0.4) is 0 Å². The molecule has 1 aromatic carbocycles. The minimum absolute atomic E-state index is 0.0950. The molecule has 0 aromatic heterocycles. The van der Waals surface area contributed by atoms with E-state index in [1.807, 2.05) is 0 Å². The summed E-state index contributed by atoms with van der Waals surface area (Å²) in [6.45, 7) is 3.23. The number of rotatable bonds is 8. The van der Waals surface area contributed by atoms with Crippen LogP contribution in [-0.4, -0.2) is 41.2 Å². The van der Waals surface area contributed by atoms with E-state index in [9.17, 15) is 16.8 Å². The lowest BCUT2D eigenvalue weighted by Crippen LogP contribution is -2.50. The van der Waals surface area contributed by atoms with Crippen molar-refractivity contribution in [2.45, 2.75) is 24.3 Å². The molecule has 0 bridgehead atoms. The number of benzene rings is 1. The predicted octanol–water partition coefficient (Wildman–Crippen LogP) is -0.378. The zero-order valence-electron chi connectivity index (χ0n) is 12.0. The van der Waals surface area contributed by atoms with E-state index in [4.69, 9.17) is 5.73 Å². The number of hydrogen-bond acceptors (Lipinski definition) is 5. The third kappa shape index (κ3) is 6.10. The molecule has 1 rings (SSSR count). The SMILES string of the molecule is CC(C)(CN)NS(=O)(=O)CCNS(=O)(=O)c1ccccc1. The zero-order chi connectivity index (χ0) is 16.1. The van der Waals surface area contributed by atoms with Crippen molar-refractivity contribution in [3.05, 3.63) is 30.3 Å². The lowest BCUT2D eigenvalue weighted by molar-refractivity contribution is 0.462. The van der Waals surface area contributed by atoms with Gasteiger partial charge in [-0.25, -0.2) is 26.3 Å². The molecule has 0 unspecified atom stereocenters.